The van der Waals surface area contributed by atoms with E-state index in [-0.39, 0.29) is 5.69 Å². The van der Waals surface area contributed by atoms with Crippen LogP contribution in [-0.2, 0) is 0 Å². The number of nitrogens with zero attached hydrogens (tertiary/aromatic N) is 2. The quantitative estimate of drug-likeness (QED) is 0.184. The predicted molar refractivity (Wildman–Crippen MR) is 139 cm³/mol. The molecule has 0 aliphatic heterocycles. The lowest BCUT2D eigenvalue weighted by molar-refractivity contribution is -0.384. The predicted octanol–water partition coefficient (Wildman–Crippen LogP) is 7.54. The van der Waals surface area contributed by atoms with Gasteiger partial charge in [0.05, 0.1) is 30.4 Å². The number of rotatable bonds is 6. The zero-order valence-corrected chi connectivity index (χ0v) is 19.8. The van der Waals surface area contributed by atoms with E-state index in [0.717, 1.165) is 50.5 Å². The molecule has 0 aliphatic carbocycles. The molecule has 5 rings (SSSR count). The minimum absolute atomic E-state index is 0.0401. The molecule has 35 heavy (non-hydrogen) atoms. The topological polar surface area (TPSA) is 66.5 Å². The average molecular weight is 485 g/mol. The Labute approximate surface area is 207 Å². The lowest BCUT2D eigenvalue weighted by Crippen LogP contribution is -1.98. The van der Waals surface area contributed by atoms with Crippen molar-refractivity contribution in [3.8, 4) is 39.6 Å². The molecule has 7 heteroatoms. The molecule has 0 aliphatic rings. The molecular formula is C28H21ClN2O4. The first kappa shape index (κ1) is 22.5. The van der Waals surface area contributed by atoms with Crippen LogP contribution < -0.4 is 9.47 Å². The monoisotopic (exact) mass is 484 g/mol. The van der Waals surface area contributed by atoms with E-state index < -0.39 is 4.92 Å². The zero-order chi connectivity index (χ0) is 24.5. The first-order chi connectivity index (χ1) is 17.0. The maximum atomic E-state index is 11.3. The second-order valence-corrected chi connectivity index (χ2v) is 8.39. The van der Waals surface area contributed by atoms with E-state index in [0.29, 0.717) is 5.02 Å². The molecule has 174 valence electrons. The lowest BCUT2D eigenvalue weighted by Gasteiger charge is -2.14. The van der Waals surface area contributed by atoms with Crippen molar-refractivity contribution in [3.05, 3.63) is 106 Å². The summed E-state index contributed by atoms with van der Waals surface area (Å²) in [6.45, 7) is 0. The van der Waals surface area contributed by atoms with Gasteiger partial charge in [0.25, 0.3) is 5.69 Å². The van der Waals surface area contributed by atoms with Crippen LogP contribution in [0, 0.1) is 10.1 Å². The molecule has 0 unspecified atom stereocenters. The van der Waals surface area contributed by atoms with Crippen LogP contribution in [0.1, 0.15) is 0 Å². The molecule has 5 aromatic rings. The Morgan fingerprint density at radius 2 is 1.37 bits per heavy atom. The van der Waals surface area contributed by atoms with Crippen LogP contribution in [0.3, 0.4) is 0 Å². The van der Waals surface area contributed by atoms with E-state index in [2.05, 4.69) is 4.57 Å². The van der Waals surface area contributed by atoms with Gasteiger partial charge in [0, 0.05) is 33.8 Å². The molecule has 0 bridgehead atoms. The summed E-state index contributed by atoms with van der Waals surface area (Å²) < 4.78 is 13.1. The van der Waals surface area contributed by atoms with Crippen molar-refractivity contribution in [2.45, 2.75) is 0 Å². The molecular weight excluding hydrogens is 464 g/mol. The molecule has 0 N–H and O–H groups in total. The first-order valence-corrected chi connectivity index (χ1v) is 11.3. The normalized spacial score (nSPS) is 10.9. The Morgan fingerprint density at radius 1 is 0.771 bits per heavy atom. The van der Waals surface area contributed by atoms with Crippen LogP contribution in [0.5, 0.6) is 11.5 Å². The fraction of sp³-hybridized carbons (Fsp3) is 0.0714. The number of aromatic nitrogens is 1. The van der Waals surface area contributed by atoms with Crippen molar-refractivity contribution in [2.24, 2.45) is 0 Å². The summed E-state index contributed by atoms with van der Waals surface area (Å²) in [5.41, 5.74) is 5.63. The smallest absolute Gasteiger partial charge is 0.269 e. The molecule has 4 aromatic carbocycles. The summed E-state index contributed by atoms with van der Waals surface area (Å²) >= 11 is 6.21. The Hall–Kier alpha value is -4.29. The van der Waals surface area contributed by atoms with Gasteiger partial charge in [-0.3, -0.25) is 10.1 Å². The van der Waals surface area contributed by atoms with Crippen molar-refractivity contribution in [1.82, 2.24) is 4.57 Å². The van der Waals surface area contributed by atoms with Gasteiger partial charge in [-0.15, -0.1) is 0 Å². The van der Waals surface area contributed by atoms with Gasteiger partial charge in [-0.05, 0) is 77.9 Å². The third-order valence-electron chi connectivity index (χ3n) is 5.99. The Balaban J connectivity index is 1.89. The lowest BCUT2D eigenvalue weighted by atomic mass is 9.98. The van der Waals surface area contributed by atoms with Crippen molar-refractivity contribution in [2.75, 3.05) is 14.2 Å². The molecule has 0 saturated carbocycles. The molecule has 0 atom stereocenters. The Kier molecular flexibility index (Phi) is 5.89. The molecule has 0 radical (unpaired) electrons. The Bertz CT molecular complexity index is 1520. The van der Waals surface area contributed by atoms with Gasteiger partial charge < -0.3 is 14.0 Å². The average Bonchev–Trinajstić information content (AvgIpc) is 3.23. The van der Waals surface area contributed by atoms with Gasteiger partial charge in [0.15, 0.2) is 0 Å². The highest BCUT2D eigenvalue weighted by Gasteiger charge is 2.22. The number of benzene rings is 4. The minimum atomic E-state index is -0.395. The number of nitro groups is 1. The molecule has 0 amide bonds. The Morgan fingerprint density at radius 3 is 1.97 bits per heavy atom. The molecule has 0 fully saturated rings. The highest BCUT2D eigenvalue weighted by molar-refractivity contribution is 6.30. The van der Waals surface area contributed by atoms with E-state index in [1.807, 2.05) is 66.7 Å². The third kappa shape index (κ3) is 4.09. The van der Waals surface area contributed by atoms with Crippen molar-refractivity contribution in [1.29, 1.82) is 0 Å². The molecule has 6 nitrogen and oxygen atoms in total. The number of ether oxygens (including phenoxy) is 2. The number of fused-ring (bicyclic) bond motifs is 1. The van der Waals surface area contributed by atoms with Crippen molar-refractivity contribution >= 4 is 28.2 Å². The van der Waals surface area contributed by atoms with Gasteiger partial charge >= 0.3 is 0 Å². The van der Waals surface area contributed by atoms with Crippen LogP contribution in [-0.4, -0.2) is 23.7 Å². The van der Waals surface area contributed by atoms with Crippen LogP contribution in [0.2, 0.25) is 5.02 Å². The summed E-state index contributed by atoms with van der Waals surface area (Å²) in [5.74, 6) is 1.48. The van der Waals surface area contributed by atoms with Crippen LogP contribution >= 0.6 is 11.6 Å². The van der Waals surface area contributed by atoms with Crippen molar-refractivity contribution in [3.63, 3.8) is 0 Å². The summed E-state index contributed by atoms with van der Waals surface area (Å²) in [7, 11) is 3.27. The van der Waals surface area contributed by atoms with Crippen molar-refractivity contribution < 1.29 is 14.4 Å². The van der Waals surface area contributed by atoms with E-state index in [9.17, 15) is 10.1 Å². The number of hydrogen-bond acceptors (Lipinski definition) is 4. The SMILES string of the molecule is COc1ccc(-n2c(-c3ccc(Cl)cc3)c(-c3ccc([N+](=O)[O-])cc3)c3cc(OC)ccc32)cc1. The van der Waals surface area contributed by atoms with Gasteiger partial charge in [-0.1, -0.05) is 23.7 Å². The van der Waals surface area contributed by atoms with Crippen LogP contribution in [0.25, 0.3) is 39.0 Å². The van der Waals surface area contributed by atoms with Gasteiger partial charge in [0.2, 0.25) is 0 Å². The van der Waals surface area contributed by atoms with Crippen LogP contribution in [0.4, 0.5) is 5.69 Å². The van der Waals surface area contributed by atoms with Gasteiger partial charge in [0.1, 0.15) is 11.5 Å². The number of methoxy groups -OCH3 is 2. The zero-order valence-electron chi connectivity index (χ0n) is 19.1. The fourth-order valence-corrected chi connectivity index (χ4v) is 4.45. The van der Waals surface area contributed by atoms with E-state index >= 15 is 0 Å². The summed E-state index contributed by atoms with van der Waals surface area (Å²) in [6, 6.07) is 28.0. The minimum Gasteiger partial charge on any atom is -0.497 e. The summed E-state index contributed by atoms with van der Waals surface area (Å²) in [5, 5.41) is 12.9. The molecule has 1 aromatic heterocycles. The number of hydrogen-bond donors (Lipinski definition) is 0. The second kappa shape index (κ2) is 9.16. The maximum absolute atomic E-state index is 11.3. The fourth-order valence-electron chi connectivity index (χ4n) is 4.32. The highest BCUT2D eigenvalue weighted by Crippen LogP contribution is 2.44. The molecule has 0 spiro atoms. The molecule has 0 saturated heterocycles. The molecule has 1 heterocycles. The van der Waals surface area contributed by atoms with Gasteiger partial charge in [-0.2, -0.15) is 0 Å². The van der Waals surface area contributed by atoms with E-state index in [1.54, 1.807) is 26.4 Å². The third-order valence-corrected chi connectivity index (χ3v) is 6.24. The highest BCUT2D eigenvalue weighted by atomic mass is 35.5. The number of nitro benzene ring substituents is 1. The van der Waals surface area contributed by atoms with Crippen LogP contribution in [0.15, 0.2) is 91.0 Å². The second-order valence-electron chi connectivity index (χ2n) is 7.95. The summed E-state index contributed by atoms with van der Waals surface area (Å²) in [4.78, 5) is 10.9. The largest absolute Gasteiger partial charge is 0.497 e. The first-order valence-electron chi connectivity index (χ1n) is 10.9. The van der Waals surface area contributed by atoms with E-state index in [4.69, 9.17) is 21.1 Å². The maximum Gasteiger partial charge on any atom is 0.269 e. The van der Waals surface area contributed by atoms with Gasteiger partial charge in [-0.25, -0.2) is 0 Å². The number of halogens is 1. The number of non-ortho nitro benzene ring substituents is 1. The standard InChI is InChI=1S/C28H21ClN2O4/c1-34-23-13-11-21(12-14-23)30-26-16-15-24(35-2)17-25(26)27(18-5-9-22(10-6-18)31(32)33)28(30)19-3-7-20(29)8-4-19/h3-17H,1-2H3. The van der Waals surface area contributed by atoms with E-state index in [1.165, 1.54) is 12.1 Å². The summed E-state index contributed by atoms with van der Waals surface area (Å²) in [6.07, 6.45) is 0.